The number of ether oxygens (including phenoxy) is 2. The maximum atomic E-state index is 15.4. The van der Waals surface area contributed by atoms with Crippen LogP contribution in [0.15, 0.2) is 73.4 Å². The number of benzene rings is 2. The van der Waals surface area contributed by atoms with E-state index in [-0.39, 0.29) is 25.7 Å². The Kier molecular flexibility index (Phi) is 14.4. The van der Waals surface area contributed by atoms with E-state index in [1.807, 2.05) is 37.3 Å². The number of alkyl halides is 1. The molecule has 2 saturated heterocycles. The number of β-amino-alcohol motifs (C(OH)–C–C–N with tert-alkyl or cyclic N) is 1. The maximum absolute atomic E-state index is 15.4. The predicted octanol–water partition coefficient (Wildman–Crippen LogP) is 5.33. The van der Waals surface area contributed by atoms with Gasteiger partial charge < -0.3 is 34.3 Å². The van der Waals surface area contributed by atoms with E-state index >= 15 is 4.39 Å². The zero-order valence-electron chi connectivity index (χ0n) is 39.8. The molecule has 0 radical (unpaired) electrons. The fraction of sp³-hybridized carbons (Fsp3) is 0.490. The molecule has 67 heavy (non-hydrogen) atoms. The maximum Gasteiger partial charge on any atom is 0.324 e. The third-order valence-corrected chi connectivity index (χ3v) is 13.5. The SMILES string of the molecule is C=CC(=O)N1C[C@H](F)[C@](O)(C(=O)N(C)[C@H](C(=O)N[C@H]2Cc3cccc(c3)-c3ccc4c(c3)c(c(-c3cccnc3[C@H](C)OC)n4CC)CC(C)(C)COC(=O)[C@@H]3CCCN(N3)C2=O)C(C)C)C1. The van der Waals surface area contributed by atoms with Gasteiger partial charge in [0.15, 0.2) is 11.8 Å². The Hall–Kier alpha value is -5.97. The van der Waals surface area contributed by atoms with Crippen molar-refractivity contribution in [1.29, 1.82) is 0 Å². The molecular weight excluding hydrogens is 858 g/mol. The van der Waals surface area contributed by atoms with Gasteiger partial charge in [-0.1, -0.05) is 64.6 Å². The molecule has 2 aromatic heterocycles. The summed E-state index contributed by atoms with van der Waals surface area (Å²) in [5.41, 5.74) is 7.37. The van der Waals surface area contributed by atoms with E-state index in [1.54, 1.807) is 27.2 Å². The van der Waals surface area contributed by atoms with Gasteiger partial charge in [-0.05, 0) is 91.6 Å². The van der Waals surface area contributed by atoms with E-state index in [2.05, 4.69) is 66.9 Å². The lowest BCUT2D eigenvalue weighted by atomic mass is 9.84. The molecule has 6 atom stereocenters. The molecule has 2 fully saturated rings. The van der Waals surface area contributed by atoms with Crippen LogP contribution in [0.25, 0.3) is 33.3 Å². The standard InChI is InChI=1S/C51H64FN7O8/c1-10-42(60)57-27-41(52)51(65,28-57)49(64)56(8)44(30(3)4)46(61)54-39-24-32-15-12-16-33(23-32)34-19-20-40-36(25-34)37(45(58(40)11-2)35-17-13-21-53-43(35)31(5)66-9)26-50(6,7)29-67-48(63)38-18-14-22-59(55-38)47(39)62/h10,12-13,15-17,19-21,23,25,30-31,38-39,41,44,55,65H,1,11,14,18,22,24,26-29H2,2-9H3,(H,54,61)/t31-,38-,39-,41-,44-,51-/m0/s1. The normalized spacial score (nSPS) is 23.1. The van der Waals surface area contributed by atoms with Crippen molar-refractivity contribution in [3.8, 4) is 22.4 Å². The molecule has 2 aromatic carbocycles. The van der Waals surface area contributed by atoms with Crippen LogP contribution in [-0.2, 0) is 52.8 Å². The van der Waals surface area contributed by atoms with Gasteiger partial charge in [0.05, 0.1) is 37.2 Å². The van der Waals surface area contributed by atoms with Crippen LogP contribution in [0.1, 0.15) is 77.3 Å². The van der Waals surface area contributed by atoms with Gasteiger partial charge in [-0.25, -0.2) is 9.82 Å². The molecule has 358 valence electrons. The van der Waals surface area contributed by atoms with Crippen LogP contribution in [0.2, 0.25) is 0 Å². The summed E-state index contributed by atoms with van der Waals surface area (Å²) in [6.07, 6.45) is 1.83. The number of aromatic nitrogens is 2. The van der Waals surface area contributed by atoms with Crippen molar-refractivity contribution in [3.63, 3.8) is 0 Å². The zero-order chi connectivity index (χ0) is 48.5. The van der Waals surface area contributed by atoms with Gasteiger partial charge in [-0.3, -0.25) is 34.0 Å². The fourth-order valence-corrected chi connectivity index (χ4v) is 9.90. The largest absolute Gasteiger partial charge is 0.464 e. The molecule has 7 rings (SSSR count). The number of aryl methyl sites for hydroxylation is 1. The molecule has 3 aliphatic rings. The number of amides is 4. The number of likely N-dealkylation sites (N-methyl/N-ethyl adjacent to an activating group) is 1. The van der Waals surface area contributed by atoms with Gasteiger partial charge in [-0.2, -0.15) is 0 Å². The van der Waals surface area contributed by atoms with Crippen molar-refractivity contribution >= 4 is 40.5 Å². The van der Waals surface area contributed by atoms with Crippen molar-refractivity contribution in [2.24, 2.45) is 11.3 Å². The van der Waals surface area contributed by atoms with Crippen LogP contribution in [0, 0.1) is 11.3 Å². The number of hydrogen-bond acceptors (Lipinski definition) is 10. The first-order valence-electron chi connectivity index (χ1n) is 23.1. The summed E-state index contributed by atoms with van der Waals surface area (Å²) < 4.78 is 29.6. The second kappa shape index (κ2) is 19.7. The van der Waals surface area contributed by atoms with Crippen LogP contribution in [0.5, 0.6) is 0 Å². The lowest BCUT2D eigenvalue weighted by Crippen LogP contribution is -2.63. The third-order valence-electron chi connectivity index (χ3n) is 13.5. The summed E-state index contributed by atoms with van der Waals surface area (Å²) in [7, 11) is 2.96. The molecule has 16 heteroatoms. The van der Waals surface area contributed by atoms with E-state index in [0.29, 0.717) is 25.8 Å². The Labute approximate surface area is 391 Å². The minimum atomic E-state index is -2.61. The molecule has 4 amide bonds. The number of methoxy groups -OCH3 is 1. The van der Waals surface area contributed by atoms with E-state index in [1.165, 1.54) is 12.1 Å². The Morgan fingerprint density at radius 2 is 1.87 bits per heavy atom. The van der Waals surface area contributed by atoms with E-state index in [4.69, 9.17) is 14.5 Å². The molecule has 15 nitrogen and oxygen atoms in total. The Morgan fingerprint density at radius 1 is 1.12 bits per heavy atom. The van der Waals surface area contributed by atoms with Crippen molar-refractivity contribution in [1.82, 2.24) is 35.1 Å². The van der Waals surface area contributed by atoms with Gasteiger partial charge >= 0.3 is 5.97 Å². The summed E-state index contributed by atoms with van der Waals surface area (Å²) in [4.78, 5) is 76.1. The number of hydrogen-bond donors (Lipinski definition) is 3. The molecule has 0 unspecified atom stereocenters. The minimum absolute atomic E-state index is 0.0306. The van der Waals surface area contributed by atoms with Crippen molar-refractivity contribution in [2.75, 3.05) is 40.4 Å². The Balaban J connectivity index is 1.30. The highest BCUT2D eigenvalue weighted by Gasteiger charge is 2.55. The highest BCUT2D eigenvalue weighted by molar-refractivity contribution is 5.97. The fourth-order valence-electron chi connectivity index (χ4n) is 9.90. The number of carbonyl (C=O) groups excluding carboxylic acids is 5. The highest BCUT2D eigenvalue weighted by Crippen LogP contribution is 2.42. The zero-order valence-corrected chi connectivity index (χ0v) is 39.8. The molecule has 0 spiro atoms. The van der Waals surface area contributed by atoms with Crippen LogP contribution in [0.3, 0.4) is 0 Å². The number of hydrazine groups is 1. The smallest absolute Gasteiger partial charge is 0.324 e. The second-order valence-corrected chi connectivity index (χ2v) is 19.3. The predicted molar refractivity (Wildman–Crippen MR) is 252 cm³/mol. The first-order valence-corrected chi connectivity index (χ1v) is 23.1. The van der Waals surface area contributed by atoms with Crippen LogP contribution in [0.4, 0.5) is 4.39 Å². The molecule has 3 N–H and O–H groups in total. The van der Waals surface area contributed by atoms with Gasteiger partial charge in [0.25, 0.3) is 11.8 Å². The average molecular weight is 922 g/mol. The number of aliphatic hydroxyl groups is 1. The summed E-state index contributed by atoms with van der Waals surface area (Å²) in [5, 5.41) is 16.7. The van der Waals surface area contributed by atoms with Crippen LogP contribution < -0.4 is 10.7 Å². The van der Waals surface area contributed by atoms with E-state index in [9.17, 15) is 29.1 Å². The van der Waals surface area contributed by atoms with Gasteiger partial charge in [0, 0.05) is 61.7 Å². The number of pyridine rings is 1. The molecule has 5 heterocycles. The molecule has 4 aromatic rings. The first-order chi connectivity index (χ1) is 31.8. The van der Waals surface area contributed by atoms with E-state index in [0.717, 1.165) is 66.0 Å². The molecule has 3 aliphatic heterocycles. The monoisotopic (exact) mass is 921 g/mol. The summed E-state index contributed by atoms with van der Waals surface area (Å²) in [6.45, 7) is 14.9. The lowest BCUT2D eigenvalue weighted by molar-refractivity contribution is -0.159. The number of rotatable bonds is 10. The average Bonchev–Trinajstić information content (AvgIpc) is 3.80. The van der Waals surface area contributed by atoms with Crippen molar-refractivity contribution in [3.05, 3.63) is 90.3 Å². The second-order valence-electron chi connectivity index (χ2n) is 19.3. The minimum Gasteiger partial charge on any atom is -0.464 e. The summed E-state index contributed by atoms with van der Waals surface area (Å²) in [6, 6.07) is 14.8. The van der Waals surface area contributed by atoms with E-state index < -0.39 is 83.9 Å². The van der Waals surface area contributed by atoms with Crippen LogP contribution in [-0.4, -0.2) is 129 Å². The number of nitrogens with one attached hydrogen (secondary N) is 2. The highest BCUT2D eigenvalue weighted by atomic mass is 19.1. The number of cyclic esters (lactones) is 1. The van der Waals surface area contributed by atoms with Gasteiger partial charge in [0.1, 0.15) is 18.1 Å². The number of esters is 1. The quantitative estimate of drug-likeness (QED) is 0.139. The number of likely N-dealkylation sites (tertiary alicyclic amines) is 1. The molecule has 6 bridgehead atoms. The van der Waals surface area contributed by atoms with Crippen LogP contribution >= 0.6 is 0 Å². The van der Waals surface area contributed by atoms with Crippen molar-refractivity contribution in [2.45, 2.75) is 110 Å². The summed E-state index contributed by atoms with van der Waals surface area (Å²) in [5.74, 6) is -4.01. The number of halogens is 1. The van der Waals surface area contributed by atoms with Crippen molar-refractivity contribution < 1.29 is 42.9 Å². The molecular formula is C51H64FN7O8. The number of nitrogens with zero attached hydrogens (tertiary/aromatic N) is 5. The third kappa shape index (κ3) is 9.74. The molecule has 0 aliphatic carbocycles. The Bertz CT molecular complexity index is 2560. The Morgan fingerprint density at radius 3 is 2.57 bits per heavy atom. The number of carbonyl (C=O) groups is 5. The lowest BCUT2D eigenvalue weighted by Gasteiger charge is -2.38. The first kappa shape index (κ1) is 48.9. The molecule has 0 saturated carbocycles. The topological polar surface area (TPSA) is 176 Å². The summed E-state index contributed by atoms with van der Waals surface area (Å²) >= 11 is 0. The van der Waals surface area contributed by atoms with Gasteiger partial charge in [0.2, 0.25) is 11.8 Å². The van der Waals surface area contributed by atoms with Gasteiger partial charge in [-0.15, -0.1) is 0 Å². The number of fused-ring (bicyclic) bond motifs is 6.